The van der Waals surface area contributed by atoms with Crippen LogP contribution in [-0.2, 0) is 11.2 Å². The molecule has 1 aliphatic heterocycles. The highest BCUT2D eigenvalue weighted by atomic mass is 16.6. The number of ether oxygens (including phenoxy) is 2. The fourth-order valence-electron chi connectivity index (χ4n) is 1.59. The van der Waals surface area contributed by atoms with E-state index in [1.54, 1.807) is 0 Å². The zero-order valence-corrected chi connectivity index (χ0v) is 10.6. The summed E-state index contributed by atoms with van der Waals surface area (Å²) in [4.78, 5) is 0. The maximum Gasteiger partial charge on any atom is 0.123 e. The molecule has 1 heterocycles. The summed E-state index contributed by atoms with van der Waals surface area (Å²) < 4.78 is 11.0. The van der Waals surface area contributed by atoms with Gasteiger partial charge in [-0.25, -0.2) is 0 Å². The molecule has 0 N–H and O–H groups in total. The van der Waals surface area contributed by atoms with Gasteiger partial charge in [0.2, 0.25) is 0 Å². The fraction of sp³-hybridized carbons (Fsp3) is 0.467. The van der Waals surface area contributed by atoms with Crippen LogP contribution in [0.2, 0.25) is 0 Å². The third-order valence-corrected chi connectivity index (χ3v) is 2.84. The van der Waals surface area contributed by atoms with Gasteiger partial charge in [0, 0.05) is 0 Å². The Morgan fingerprint density at radius 3 is 2.94 bits per heavy atom. The van der Waals surface area contributed by atoms with Crippen molar-refractivity contribution in [2.45, 2.75) is 32.3 Å². The van der Waals surface area contributed by atoms with Gasteiger partial charge in [-0.3, -0.25) is 0 Å². The highest BCUT2D eigenvalue weighted by Crippen LogP contribution is 2.27. The second kappa shape index (κ2) is 5.37. The van der Waals surface area contributed by atoms with Crippen molar-refractivity contribution in [3.63, 3.8) is 0 Å². The van der Waals surface area contributed by atoms with E-state index < -0.39 is 0 Å². The summed E-state index contributed by atoms with van der Waals surface area (Å²) in [7, 11) is 0. The standard InChI is InChI=1S/C15H20O2/c1-3-4-5-7-13-8-6-9-14(10-13)16-11-15(2)12-17-15/h4-6,8-10H,3,7,11-12H2,1-2H3/b5-4+. The van der Waals surface area contributed by atoms with E-state index in [0.29, 0.717) is 6.61 Å². The quantitative estimate of drug-likeness (QED) is 0.554. The molecule has 1 saturated heterocycles. The van der Waals surface area contributed by atoms with Gasteiger partial charge in [-0.1, -0.05) is 31.2 Å². The minimum atomic E-state index is -0.0435. The molecule has 17 heavy (non-hydrogen) atoms. The van der Waals surface area contributed by atoms with Crippen LogP contribution in [0.3, 0.4) is 0 Å². The van der Waals surface area contributed by atoms with Crippen molar-refractivity contribution < 1.29 is 9.47 Å². The van der Waals surface area contributed by atoms with E-state index in [9.17, 15) is 0 Å². The molecule has 0 aromatic heterocycles. The average Bonchev–Trinajstić information content (AvgIpc) is 3.07. The van der Waals surface area contributed by atoms with Crippen molar-refractivity contribution in [1.29, 1.82) is 0 Å². The molecule has 0 spiro atoms. The molecular weight excluding hydrogens is 212 g/mol. The maximum atomic E-state index is 5.73. The van der Waals surface area contributed by atoms with E-state index in [4.69, 9.17) is 9.47 Å². The Morgan fingerprint density at radius 2 is 2.24 bits per heavy atom. The SMILES string of the molecule is CC/C=C/Cc1cccc(OCC2(C)CO2)c1. The van der Waals surface area contributed by atoms with Crippen LogP contribution in [0, 0.1) is 0 Å². The Bertz CT molecular complexity index is 392. The maximum absolute atomic E-state index is 5.73. The van der Waals surface area contributed by atoms with Gasteiger partial charge in [0.25, 0.3) is 0 Å². The van der Waals surface area contributed by atoms with E-state index in [0.717, 1.165) is 25.2 Å². The highest BCUT2D eigenvalue weighted by molar-refractivity contribution is 5.30. The molecule has 0 amide bonds. The Hall–Kier alpha value is -1.28. The van der Waals surface area contributed by atoms with Gasteiger partial charge < -0.3 is 9.47 Å². The summed E-state index contributed by atoms with van der Waals surface area (Å²) in [5.41, 5.74) is 1.24. The van der Waals surface area contributed by atoms with Crippen molar-refractivity contribution in [2.75, 3.05) is 13.2 Å². The highest BCUT2D eigenvalue weighted by Gasteiger charge is 2.40. The summed E-state index contributed by atoms with van der Waals surface area (Å²) in [5, 5.41) is 0. The minimum absolute atomic E-state index is 0.0435. The molecule has 2 nitrogen and oxygen atoms in total. The van der Waals surface area contributed by atoms with Gasteiger partial charge in [0.15, 0.2) is 0 Å². The molecule has 0 radical (unpaired) electrons. The third-order valence-electron chi connectivity index (χ3n) is 2.84. The Kier molecular flexibility index (Phi) is 3.85. The topological polar surface area (TPSA) is 21.8 Å². The molecule has 0 aliphatic carbocycles. The van der Waals surface area contributed by atoms with Gasteiger partial charge in [-0.05, 0) is 37.5 Å². The minimum Gasteiger partial charge on any atom is -0.490 e. The number of allylic oxidation sites excluding steroid dienone is 2. The summed E-state index contributed by atoms with van der Waals surface area (Å²) in [6.45, 7) is 5.67. The van der Waals surface area contributed by atoms with E-state index in [1.165, 1.54) is 5.56 Å². The van der Waals surface area contributed by atoms with Gasteiger partial charge in [0.1, 0.15) is 18.0 Å². The van der Waals surface area contributed by atoms with E-state index in [1.807, 2.05) is 12.1 Å². The number of rotatable bonds is 6. The Labute approximate surface area is 103 Å². The monoisotopic (exact) mass is 232 g/mol. The molecule has 1 aromatic carbocycles. The molecule has 2 heteroatoms. The van der Waals surface area contributed by atoms with Crippen molar-refractivity contribution >= 4 is 0 Å². The molecule has 0 bridgehead atoms. The number of hydrogen-bond acceptors (Lipinski definition) is 2. The zero-order valence-electron chi connectivity index (χ0n) is 10.6. The molecule has 1 fully saturated rings. The molecule has 92 valence electrons. The smallest absolute Gasteiger partial charge is 0.123 e. The van der Waals surface area contributed by atoms with Crippen LogP contribution in [0.15, 0.2) is 36.4 Å². The first-order chi connectivity index (χ1) is 8.22. The van der Waals surface area contributed by atoms with Crippen LogP contribution < -0.4 is 4.74 Å². The van der Waals surface area contributed by atoms with Crippen LogP contribution in [0.5, 0.6) is 5.75 Å². The van der Waals surface area contributed by atoms with Crippen LogP contribution in [-0.4, -0.2) is 18.8 Å². The summed E-state index contributed by atoms with van der Waals surface area (Å²) >= 11 is 0. The van der Waals surface area contributed by atoms with Gasteiger partial charge >= 0.3 is 0 Å². The van der Waals surface area contributed by atoms with Gasteiger partial charge in [0.05, 0.1) is 6.61 Å². The molecule has 1 unspecified atom stereocenters. The van der Waals surface area contributed by atoms with E-state index in [-0.39, 0.29) is 5.60 Å². The third kappa shape index (κ3) is 3.90. The van der Waals surface area contributed by atoms with Crippen molar-refractivity contribution in [2.24, 2.45) is 0 Å². The lowest BCUT2D eigenvalue weighted by Crippen LogP contribution is -2.16. The summed E-state index contributed by atoms with van der Waals surface area (Å²) in [6.07, 6.45) is 6.45. The van der Waals surface area contributed by atoms with Crippen LogP contribution in [0.25, 0.3) is 0 Å². The van der Waals surface area contributed by atoms with Crippen LogP contribution in [0.4, 0.5) is 0 Å². The number of hydrogen-bond donors (Lipinski definition) is 0. The molecule has 0 saturated carbocycles. The summed E-state index contributed by atoms with van der Waals surface area (Å²) in [5.74, 6) is 0.934. The second-order valence-corrected chi connectivity index (χ2v) is 4.76. The fourth-order valence-corrected chi connectivity index (χ4v) is 1.59. The normalized spacial score (nSPS) is 22.9. The Morgan fingerprint density at radius 1 is 1.41 bits per heavy atom. The molecule has 1 aromatic rings. The van der Waals surface area contributed by atoms with E-state index >= 15 is 0 Å². The first-order valence-electron chi connectivity index (χ1n) is 6.22. The van der Waals surface area contributed by atoms with Crippen LogP contribution in [0.1, 0.15) is 25.8 Å². The summed E-state index contributed by atoms with van der Waals surface area (Å²) in [6, 6.07) is 8.27. The first kappa shape index (κ1) is 12.2. The lowest BCUT2D eigenvalue weighted by atomic mass is 10.1. The first-order valence-corrected chi connectivity index (χ1v) is 6.22. The van der Waals surface area contributed by atoms with Crippen molar-refractivity contribution in [3.05, 3.63) is 42.0 Å². The predicted octanol–water partition coefficient (Wildman–Crippen LogP) is 3.36. The van der Waals surface area contributed by atoms with E-state index in [2.05, 4.69) is 38.1 Å². The van der Waals surface area contributed by atoms with Crippen molar-refractivity contribution in [3.8, 4) is 5.75 Å². The lowest BCUT2D eigenvalue weighted by molar-refractivity contribution is 0.202. The number of epoxide rings is 1. The van der Waals surface area contributed by atoms with Gasteiger partial charge in [-0.15, -0.1) is 0 Å². The molecular formula is C15H20O2. The Balaban J connectivity index is 1.89. The van der Waals surface area contributed by atoms with Crippen molar-refractivity contribution in [1.82, 2.24) is 0 Å². The zero-order chi connectivity index (χ0) is 12.1. The van der Waals surface area contributed by atoms with Crippen LogP contribution >= 0.6 is 0 Å². The average molecular weight is 232 g/mol. The molecule has 1 atom stereocenters. The largest absolute Gasteiger partial charge is 0.490 e. The number of benzene rings is 1. The van der Waals surface area contributed by atoms with Gasteiger partial charge in [-0.2, -0.15) is 0 Å². The molecule has 1 aliphatic rings. The predicted molar refractivity (Wildman–Crippen MR) is 69.4 cm³/mol. The lowest BCUT2D eigenvalue weighted by Gasteiger charge is -2.09. The second-order valence-electron chi connectivity index (χ2n) is 4.76. The molecule has 2 rings (SSSR count).